The number of hydrogen-bond acceptors (Lipinski definition) is 2. The molecule has 3 nitrogen and oxygen atoms in total. The van der Waals surface area contributed by atoms with Gasteiger partial charge in [0, 0.05) is 6.42 Å². The standard InChI is InChI=1S/C19H23NO2/c1-15-10-12-18(13-11-15)22-14-6-9-19(21)20-16(2)17-7-4-3-5-8-17/h3-5,7-8,10-13,16H,6,9,14H2,1-2H3,(H,20,21)/t16-/m0/s1. The zero-order chi connectivity index (χ0) is 15.8. The molecule has 2 rings (SSSR count). The Labute approximate surface area is 132 Å². The number of rotatable bonds is 7. The van der Waals surface area contributed by atoms with E-state index in [1.54, 1.807) is 0 Å². The van der Waals surface area contributed by atoms with Crippen LogP contribution in [-0.2, 0) is 4.79 Å². The van der Waals surface area contributed by atoms with Crippen LogP contribution in [0.1, 0.15) is 36.9 Å². The SMILES string of the molecule is Cc1ccc(OCCCC(=O)N[C@@H](C)c2ccccc2)cc1. The van der Waals surface area contributed by atoms with Crippen molar-refractivity contribution in [1.82, 2.24) is 5.32 Å². The summed E-state index contributed by atoms with van der Waals surface area (Å²) in [4.78, 5) is 11.9. The minimum absolute atomic E-state index is 0.0340. The van der Waals surface area contributed by atoms with E-state index in [0.717, 1.165) is 11.3 Å². The van der Waals surface area contributed by atoms with Crippen LogP contribution >= 0.6 is 0 Å². The number of amides is 1. The Hall–Kier alpha value is -2.29. The van der Waals surface area contributed by atoms with Crippen LogP contribution in [0.25, 0.3) is 0 Å². The van der Waals surface area contributed by atoms with Crippen LogP contribution in [0.15, 0.2) is 54.6 Å². The van der Waals surface area contributed by atoms with Crippen LogP contribution in [0.5, 0.6) is 5.75 Å². The van der Waals surface area contributed by atoms with E-state index in [4.69, 9.17) is 4.74 Å². The van der Waals surface area contributed by atoms with E-state index < -0.39 is 0 Å². The van der Waals surface area contributed by atoms with Crippen LogP contribution in [0.4, 0.5) is 0 Å². The third-order valence-corrected chi connectivity index (χ3v) is 3.51. The molecule has 3 heteroatoms. The van der Waals surface area contributed by atoms with Crippen molar-refractivity contribution in [3.63, 3.8) is 0 Å². The van der Waals surface area contributed by atoms with Crippen molar-refractivity contribution in [2.24, 2.45) is 0 Å². The average Bonchev–Trinajstić information content (AvgIpc) is 2.54. The summed E-state index contributed by atoms with van der Waals surface area (Å²) < 4.78 is 5.62. The molecule has 0 saturated heterocycles. The van der Waals surface area contributed by atoms with E-state index in [1.165, 1.54) is 5.56 Å². The van der Waals surface area contributed by atoms with Crippen molar-refractivity contribution < 1.29 is 9.53 Å². The zero-order valence-electron chi connectivity index (χ0n) is 13.2. The molecule has 0 fully saturated rings. The van der Waals surface area contributed by atoms with E-state index in [2.05, 4.69) is 5.32 Å². The summed E-state index contributed by atoms with van der Waals surface area (Å²) >= 11 is 0. The predicted molar refractivity (Wildman–Crippen MR) is 88.9 cm³/mol. The maximum atomic E-state index is 11.9. The maximum Gasteiger partial charge on any atom is 0.220 e. The Morgan fingerprint density at radius 2 is 1.77 bits per heavy atom. The molecule has 1 amide bonds. The Morgan fingerprint density at radius 3 is 2.45 bits per heavy atom. The minimum Gasteiger partial charge on any atom is -0.494 e. The topological polar surface area (TPSA) is 38.3 Å². The molecule has 0 aliphatic carbocycles. The summed E-state index contributed by atoms with van der Waals surface area (Å²) in [5.41, 5.74) is 2.33. The Morgan fingerprint density at radius 1 is 1.09 bits per heavy atom. The number of hydrogen-bond donors (Lipinski definition) is 1. The van der Waals surface area contributed by atoms with E-state index in [0.29, 0.717) is 19.4 Å². The van der Waals surface area contributed by atoms with Gasteiger partial charge in [-0.3, -0.25) is 4.79 Å². The molecule has 22 heavy (non-hydrogen) atoms. The normalized spacial score (nSPS) is 11.7. The Balaban J connectivity index is 1.66. The lowest BCUT2D eigenvalue weighted by molar-refractivity contribution is -0.121. The molecule has 0 heterocycles. The fourth-order valence-electron chi connectivity index (χ4n) is 2.20. The van der Waals surface area contributed by atoms with Crippen LogP contribution in [0.2, 0.25) is 0 Å². The summed E-state index contributed by atoms with van der Waals surface area (Å²) in [6.45, 7) is 4.59. The van der Waals surface area contributed by atoms with Gasteiger partial charge in [-0.15, -0.1) is 0 Å². The van der Waals surface area contributed by atoms with Crippen molar-refractivity contribution in [2.75, 3.05) is 6.61 Å². The number of carbonyl (C=O) groups excluding carboxylic acids is 1. The van der Waals surface area contributed by atoms with Crippen molar-refractivity contribution >= 4 is 5.91 Å². The van der Waals surface area contributed by atoms with E-state index >= 15 is 0 Å². The van der Waals surface area contributed by atoms with Gasteiger partial charge in [-0.25, -0.2) is 0 Å². The molecule has 0 saturated carbocycles. The van der Waals surface area contributed by atoms with Crippen molar-refractivity contribution in [2.45, 2.75) is 32.7 Å². The first-order valence-electron chi connectivity index (χ1n) is 7.69. The lowest BCUT2D eigenvalue weighted by Crippen LogP contribution is -2.26. The molecule has 2 aromatic carbocycles. The predicted octanol–water partition coefficient (Wildman–Crippen LogP) is 4.03. The fourth-order valence-corrected chi connectivity index (χ4v) is 2.20. The third kappa shape index (κ3) is 5.24. The largest absolute Gasteiger partial charge is 0.494 e. The van der Waals surface area contributed by atoms with E-state index in [-0.39, 0.29) is 11.9 Å². The Kier molecular flexibility index (Phi) is 6.01. The van der Waals surface area contributed by atoms with Crippen LogP contribution in [0, 0.1) is 6.92 Å². The van der Waals surface area contributed by atoms with Gasteiger partial charge in [-0.2, -0.15) is 0 Å². The Bertz CT molecular complexity index is 578. The van der Waals surface area contributed by atoms with Gasteiger partial charge in [-0.05, 0) is 38.0 Å². The molecule has 2 aromatic rings. The molecule has 0 aliphatic rings. The first-order valence-corrected chi connectivity index (χ1v) is 7.69. The molecule has 0 spiro atoms. The van der Waals surface area contributed by atoms with Gasteiger partial charge in [0.1, 0.15) is 5.75 Å². The van der Waals surface area contributed by atoms with E-state index in [1.807, 2.05) is 68.4 Å². The maximum absolute atomic E-state index is 11.9. The molecule has 1 N–H and O–H groups in total. The van der Waals surface area contributed by atoms with Gasteiger partial charge >= 0.3 is 0 Å². The molecule has 116 valence electrons. The van der Waals surface area contributed by atoms with Gasteiger partial charge in [0.15, 0.2) is 0 Å². The van der Waals surface area contributed by atoms with Gasteiger partial charge < -0.3 is 10.1 Å². The lowest BCUT2D eigenvalue weighted by atomic mass is 10.1. The van der Waals surface area contributed by atoms with E-state index in [9.17, 15) is 4.79 Å². The summed E-state index contributed by atoms with van der Waals surface area (Å²) in [5.74, 6) is 0.910. The van der Waals surface area contributed by atoms with Crippen molar-refractivity contribution in [3.8, 4) is 5.75 Å². The number of ether oxygens (including phenoxy) is 1. The second-order valence-corrected chi connectivity index (χ2v) is 5.46. The highest BCUT2D eigenvalue weighted by Crippen LogP contribution is 2.13. The molecule has 0 radical (unpaired) electrons. The smallest absolute Gasteiger partial charge is 0.220 e. The molecule has 0 bridgehead atoms. The third-order valence-electron chi connectivity index (χ3n) is 3.51. The minimum atomic E-state index is 0.0340. The number of benzene rings is 2. The highest BCUT2D eigenvalue weighted by Gasteiger charge is 2.08. The van der Waals surface area contributed by atoms with Gasteiger partial charge in [0.25, 0.3) is 0 Å². The van der Waals surface area contributed by atoms with Gasteiger partial charge in [-0.1, -0.05) is 48.0 Å². The number of nitrogens with one attached hydrogen (secondary N) is 1. The zero-order valence-corrected chi connectivity index (χ0v) is 13.2. The molecule has 0 aliphatic heterocycles. The highest BCUT2D eigenvalue weighted by molar-refractivity contribution is 5.76. The van der Waals surface area contributed by atoms with Crippen LogP contribution in [-0.4, -0.2) is 12.5 Å². The molecular weight excluding hydrogens is 274 g/mol. The monoisotopic (exact) mass is 297 g/mol. The highest BCUT2D eigenvalue weighted by atomic mass is 16.5. The van der Waals surface area contributed by atoms with Crippen molar-refractivity contribution in [1.29, 1.82) is 0 Å². The van der Waals surface area contributed by atoms with Crippen LogP contribution < -0.4 is 10.1 Å². The molecule has 0 aromatic heterocycles. The quantitative estimate of drug-likeness (QED) is 0.784. The molecular formula is C19H23NO2. The van der Waals surface area contributed by atoms with Gasteiger partial charge in [0.05, 0.1) is 12.6 Å². The summed E-state index contributed by atoms with van der Waals surface area (Å²) in [6.07, 6.45) is 1.18. The van der Waals surface area contributed by atoms with Crippen molar-refractivity contribution in [3.05, 3.63) is 65.7 Å². The lowest BCUT2D eigenvalue weighted by Gasteiger charge is -2.14. The van der Waals surface area contributed by atoms with Crippen LogP contribution in [0.3, 0.4) is 0 Å². The summed E-state index contributed by atoms with van der Waals surface area (Å²) in [7, 11) is 0. The second-order valence-electron chi connectivity index (χ2n) is 5.46. The fraction of sp³-hybridized carbons (Fsp3) is 0.316. The number of carbonyl (C=O) groups is 1. The molecule has 0 unspecified atom stereocenters. The van der Waals surface area contributed by atoms with Gasteiger partial charge in [0.2, 0.25) is 5.91 Å². The summed E-state index contributed by atoms with van der Waals surface area (Å²) in [5, 5.41) is 3.01. The first-order chi connectivity index (χ1) is 10.6. The summed E-state index contributed by atoms with van der Waals surface area (Å²) in [6, 6.07) is 17.9. The first kappa shape index (κ1) is 16.1. The molecule has 1 atom stereocenters. The second kappa shape index (κ2) is 8.23. The average molecular weight is 297 g/mol. The number of aryl methyl sites for hydroxylation is 1.